The number of allylic oxidation sites excluding steroid dienone is 1. The molecule has 1 atom stereocenters. The number of benzene rings is 1. The van der Waals surface area contributed by atoms with Crippen molar-refractivity contribution in [2.45, 2.75) is 31.9 Å². The number of rotatable bonds is 11. The zero-order valence-electron chi connectivity index (χ0n) is 19.1. The lowest BCUT2D eigenvalue weighted by Crippen LogP contribution is -2.25. The van der Waals surface area contributed by atoms with E-state index in [-0.39, 0.29) is 18.2 Å². The van der Waals surface area contributed by atoms with Crippen LogP contribution in [0.25, 0.3) is 0 Å². The van der Waals surface area contributed by atoms with Crippen molar-refractivity contribution in [3.05, 3.63) is 78.1 Å². The fourth-order valence-electron chi connectivity index (χ4n) is 3.60. The van der Waals surface area contributed by atoms with E-state index < -0.39 is 11.7 Å². The summed E-state index contributed by atoms with van der Waals surface area (Å²) in [6.45, 7) is 11.3. The summed E-state index contributed by atoms with van der Waals surface area (Å²) >= 11 is 0. The van der Waals surface area contributed by atoms with Gasteiger partial charge in [0.2, 0.25) is 0 Å². The van der Waals surface area contributed by atoms with Crippen molar-refractivity contribution in [3.63, 3.8) is 0 Å². The monoisotopic (exact) mass is 470 g/mol. The molecule has 2 aromatic rings. The van der Waals surface area contributed by atoms with Crippen molar-refractivity contribution in [1.82, 2.24) is 15.3 Å². The first kappa shape index (κ1) is 25.0. The molecule has 9 heteroatoms. The fraction of sp³-hybridized carbons (Fsp3) is 0.320. The van der Waals surface area contributed by atoms with Gasteiger partial charge in [-0.2, -0.15) is 18.3 Å². The maximum atomic E-state index is 12.9. The molecule has 1 aromatic heterocycles. The van der Waals surface area contributed by atoms with Crippen molar-refractivity contribution < 1.29 is 13.2 Å². The van der Waals surface area contributed by atoms with Gasteiger partial charge in [-0.05, 0) is 48.4 Å². The first-order valence-electron chi connectivity index (χ1n) is 11.1. The number of aromatic nitrogens is 1. The summed E-state index contributed by atoms with van der Waals surface area (Å²) < 4.78 is 38.8. The highest BCUT2D eigenvalue weighted by molar-refractivity contribution is 6.06. The van der Waals surface area contributed by atoms with Crippen LogP contribution in [0.3, 0.4) is 0 Å². The number of anilines is 2. The van der Waals surface area contributed by atoms with Gasteiger partial charge in [-0.15, -0.1) is 0 Å². The molecule has 0 bridgehead atoms. The van der Waals surface area contributed by atoms with Crippen LogP contribution in [0.1, 0.15) is 42.4 Å². The molecule has 0 saturated heterocycles. The third-order valence-corrected chi connectivity index (χ3v) is 5.49. The zero-order valence-corrected chi connectivity index (χ0v) is 19.1. The standard InChI is InChI=1S/C25H29F3N6/c1-4-6-13-34-16-18(14-32-34)21-11-12-30-24(23(21)22(29)15-31-17(3)5-2)33-20-9-7-19(8-10-20)25(26,27)28/h5,7-12,14,18,29,31H,2-4,6,13,15-16H2,1H3,(H,30,33). The minimum Gasteiger partial charge on any atom is -0.380 e. The molecular formula is C25H29F3N6. The van der Waals surface area contributed by atoms with Gasteiger partial charge < -0.3 is 16.0 Å². The van der Waals surface area contributed by atoms with Crippen LogP contribution in [0.5, 0.6) is 0 Å². The molecule has 1 unspecified atom stereocenters. The van der Waals surface area contributed by atoms with E-state index in [9.17, 15) is 13.2 Å². The number of nitrogens with zero attached hydrogens (tertiary/aromatic N) is 3. The largest absolute Gasteiger partial charge is 0.416 e. The number of unbranched alkanes of at least 4 members (excludes halogenated alkanes) is 1. The molecule has 0 spiro atoms. The number of hydrogen-bond acceptors (Lipinski definition) is 6. The second-order valence-electron chi connectivity index (χ2n) is 8.02. The topological polar surface area (TPSA) is 76.4 Å². The Morgan fingerprint density at radius 1 is 1.26 bits per heavy atom. The lowest BCUT2D eigenvalue weighted by molar-refractivity contribution is -0.137. The van der Waals surface area contributed by atoms with Crippen LogP contribution in [0.4, 0.5) is 24.7 Å². The Hall–Kier alpha value is -3.62. The minimum absolute atomic E-state index is 0.0361. The molecule has 1 aromatic carbocycles. The number of nitrogens with one attached hydrogen (secondary N) is 3. The first-order chi connectivity index (χ1) is 16.2. The van der Waals surface area contributed by atoms with Crippen LogP contribution in [0.2, 0.25) is 0 Å². The number of pyridine rings is 1. The van der Waals surface area contributed by atoms with Gasteiger partial charge in [0, 0.05) is 48.4 Å². The number of hydrogen-bond donors (Lipinski definition) is 3. The van der Waals surface area contributed by atoms with E-state index in [1.54, 1.807) is 12.3 Å². The summed E-state index contributed by atoms with van der Waals surface area (Å²) in [7, 11) is 0. The summed E-state index contributed by atoms with van der Waals surface area (Å²) in [6, 6.07) is 6.60. The summed E-state index contributed by atoms with van der Waals surface area (Å²) in [5, 5.41) is 21.4. The maximum Gasteiger partial charge on any atom is 0.416 e. The average Bonchev–Trinajstić information content (AvgIpc) is 3.29. The van der Waals surface area contributed by atoms with E-state index in [0.717, 1.165) is 37.1 Å². The van der Waals surface area contributed by atoms with Gasteiger partial charge in [-0.25, -0.2) is 4.98 Å². The van der Waals surface area contributed by atoms with Crippen LogP contribution >= 0.6 is 0 Å². The quantitative estimate of drug-likeness (QED) is 0.291. The second-order valence-corrected chi connectivity index (χ2v) is 8.02. The summed E-state index contributed by atoms with van der Waals surface area (Å²) in [4.78, 5) is 4.41. The Labute approximate surface area is 197 Å². The van der Waals surface area contributed by atoms with Crippen molar-refractivity contribution in [2.75, 3.05) is 25.0 Å². The first-order valence-corrected chi connectivity index (χ1v) is 11.1. The molecule has 3 rings (SSSR count). The van der Waals surface area contributed by atoms with Gasteiger partial charge in [0.05, 0.1) is 17.8 Å². The van der Waals surface area contributed by atoms with Crippen LogP contribution in [-0.2, 0) is 6.18 Å². The van der Waals surface area contributed by atoms with Crippen molar-refractivity contribution in [2.24, 2.45) is 5.10 Å². The highest BCUT2D eigenvalue weighted by Crippen LogP contribution is 2.32. The van der Waals surface area contributed by atoms with Crippen molar-refractivity contribution in [3.8, 4) is 0 Å². The van der Waals surface area contributed by atoms with E-state index in [2.05, 4.69) is 40.8 Å². The minimum atomic E-state index is -4.41. The molecule has 0 radical (unpaired) electrons. The molecule has 34 heavy (non-hydrogen) atoms. The van der Waals surface area contributed by atoms with Gasteiger partial charge in [0.15, 0.2) is 0 Å². The Morgan fingerprint density at radius 2 is 2.00 bits per heavy atom. The lowest BCUT2D eigenvalue weighted by atomic mass is 9.93. The SMILES string of the molecule is C=CC(=C)NCC(=N)c1c(C2C=NN(CCCC)C2)ccnc1Nc1ccc(C(F)(F)F)cc1. The maximum absolute atomic E-state index is 12.9. The number of halogens is 3. The molecule has 1 aliphatic rings. The van der Waals surface area contributed by atoms with Crippen molar-refractivity contribution in [1.29, 1.82) is 5.41 Å². The van der Waals surface area contributed by atoms with E-state index in [1.807, 2.05) is 17.3 Å². The van der Waals surface area contributed by atoms with Gasteiger partial charge in [0.1, 0.15) is 5.82 Å². The Balaban J connectivity index is 1.91. The number of alkyl halides is 3. The van der Waals surface area contributed by atoms with Crippen LogP contribution in [0.15, 0.2) is 66.6 Å². The lowest BCUT2D eigenvalue weighted by Gasteiger charge is -2.21. The van der Waals surface area contributed by atoms with Crippen LogP contribution in [-0.4, -0.2) is 41.6 Å². The Bertz CT molecular complexity index is 1060. The van der Waals surface area contributed by atoms with Gasteiger partial charge in [-0.3, -0.25) is 5.01 Å². The zero-order chi connectivity index (χ0) is 24.7. The third kappa shape index (κ3) is 6.24. The fourth-order valence-corrected chi connectivity index (χ4v) is 3.60. The summed E-state index contributed by atoms with van der Waals surface area (Å²) in [5.74, 6) is 0.361. The predicted molar refractivity (Wildman–Crippen MR) is 131 cm³/mol. The van der Waals surface area contributed by atoms with E-state index in [4.69, 9.17) is 5.41 Å². The molecule has 0 amide bonds. The second kappa shape index (κ2) is 11.0. The highest BCUT2D eigenvalue weighted by Gasteiger charge is 2.30. The van der Waals surface area contributed by atoms with Crippen LogP contribution in [0, 0.1) is 5.41 Å². The Kier molecular flexibility index (Phi) is 8.09. The summed E-state index contributed by atoms with van der Waals surface area (Å²) in [5.41, 5.74) is 2.03. The van der Waals surface area contributed by atoms with E-state index >= 15 is 0 Å². The molecule has 1 aliphatic heterocycles. The predicted octanol–water partition coefficient (Wildman–Crippen LogP) is 5.69. The van der Waals surface area contributed by atoms with Gasteiger partial charge in [-0.1, -0.05) is 26.5 Å². The van der Waals surface area contributed by atoms with Crippen molar-refractivity contribution >= 4 is 23.4 Å². The summed E-state index contributed by atoms with van der Waals surface area (Å²) in [6.07, 6.45) is 2.78. The van der Waals surface area contributed by atoms with Gasteiger partial charge >= 0.3 is 6.18 Å². The van der Waals surface area contributed by atoms with E-state index in [1.165, 1.54) is 12.1 Å². The van der Waals surface area contributed by atoms with Crippen LogP contribution < -0.4 is 10.6 Å². The molecule has 6 nitrogen and oxygen atoms in total. The molecule has 180 valence electrons. The number of hydrazone groups is 1. The smallest absolute Gasteiger partial charge is 0.380 e. The van der Waals surface area contributed by atoms with E-state index in [0.29, 0.717) is 29.3 Å². The molecular weight excluding hydrogens is 441 g/mol. The third-order valence-electron chi connectivity index (χ3n) is 5.49. The molecule has 0 aliphatic carbocycles. The molecule has 0 fully saturated rings. The normalized spacial score (nSPS) is 15.3. The highest BCUT2D eigenvalue weighted by atomic mass is 19.4. The molecule has 0 saturated carbocycles. The molecule has 2 heterocycles. The average molecular weight is 471 g/mol. The molecule has 3 N–H and O–H groups in total. The van der Waals surface area contributed by atoms with Gasteiger partial charge in [0.25, 0.3) is 0 Å². The Morgan fingerprint density at radius 3 is 2.65 bits per heavy atom.